The maximum absolute atomic E-state index is 13.5. The number of unbranched alkanes of at least 4 members (excludes halogenated alkanes) is 1. The van der Waals surface area contributed by atoms with E-state index >= 15 is 0 Å². The average Bonchev–Trinajstić information content (AvgIpc) is 3.27. The summed E-state index contributed by atoms with van der Waals surface area (Å²) >= 11 is 0. The Hall–Kier alpha value is -3.12. The number of hydrogen-bond acceptors (Lipinski definition) is 9. The van der Waals surface area contributed by atoms with Crippen LogP contribution in [0.5, 0.6) is 0 Å². The predicted molar refractivity (Wildman–Crippen MR) is 165 cm³/mol. The normalized spacial score (nSPS) is 34.6. The third-order valence-corrected chi connectivity index (χ3v) is 11.7. The van der Waals surface area contributed by atoms with Gasteiger partial charge in [-0.3, -0.25) is 24.0 Å². The van der Waals surface area contributed by atoms with Crippen molar-refractivity contribution < 1.29 is 48.8 Å². The molecule has 12 nitrogen and oxygen atoms in total. The van der Waals surface area contributed by atoms with E-state index in [2.05, 4.69) is 17.6 Å². The molecule has 4 rings (SSSR count). The van der Waals surface area contributed by atoms with Gasteiger partial charge in [0.2, 0.25) is 17.6 Å². The van der Waals surface area contributed by atoms with Gasteiger partial charge in [0.05, 0.1) is 12.5 Å². The maximum Gasteiger partial charge on any atom is 0.326 e. The highest BCUT2D eigenvalue weighted by Crippen LogP contribution is 2.67. The van der Waals surface area contributed by atoms with Gasteiger partial charge in [0.25, 0.3) is 0 Å². The Morgan fingerprint density at radius 3 is 2.46 bits per heavy atom. The molecule has 3 saturated carbocycles. The fraction of sp³-hybridized carbons (Fsp3) is 0.765. The van der Waals surface area contributed by atoms with Crippen LogP contribution in [0.4, 0.5) is 0 Å². The molecule has 0 aliphatic heterocycles. The molecule has 0 bridgehead atoms. The third kappa shape index (κ3) is 6.79. The quantitative estimate of drug-likeness (QED) is 0.185. The van der Waals surface area contributed by atoms with Crippen LogP contribution in [0.3, 0.4) is 0 Å². The molecule has 3 fully saturated rings. The van der Waals surface area contributed by atoms with E-state index in [0.717, 1.165) is 24.8 Å². The van der Waals surface area contributed by atoms with Crippen LogP contribution in [0.25, 0.3) is 0 Å². The van der Waals surface area contributed by atoms with Crippen LogP contribution in [-0.2, 0) is 33.5 Å². The van der Waals surface area contributed by atoms with Crippen LogP contribution >= 0.6 is 0 Å². The Morgan fingerprint density at radius 2 is 1.78 bits per heavy atom. The number of esters is 1. The Kier molecular flexibility index (Phi) is 10.8. The van der Waals surface area contributed by atoms with E-state index in [1.165, 1.54) is 6.92 Å². The standard InChI is InChI=1S/C34H50N2O10/c1-5-6-7-24(31(43)44)36-30(42)19(2)35-27(40)10-11-28(41)46-18-26(39)34(45)15-13-23-22-9-8-20-16-21(37)12-14-32(20,3)29(22)25(38)17-33(23,34)4/h16,19,22-25,29,38,45H,5-15,17-18H2,1-4H3,(H,35,40)(H,36,42)(H,43,44)/t19?,22?,23?,24?,25?,29?,32-,33-,34-/m0/s1. The zero-order chi connectivity index (χ0) is 34.0. The second-order valence-electron chi connectivity index (χ2n) is 14.4. The fourth-order valence-corrected chi connectivity index (χ4v) is 9.04. The number of ether oxygens (including phenoxy) is 1. The van der Waals surface area contributed by atoms with Crippen molar-refractivity contribution >= 4 is 35.3 Å². The first-order valence-corrected chi connectivity index (χ1v) is 16.7. The molecular formula is C34H50N2O10. The Labute approximate surface area is 270 Å². The lowest BCUT2D eigenvalue weighted by molar-refractivity contribution is -0.184. The summed E-state index contributed by atoms with van der Waals surface area (Å²) in [6.07, 6.45) is 5.66. The molecule has 2 amide bonds. The Balaban J connectivity index is 1.28. The number of amides is 2. The first-order valence-electron chi connectivity index (χ1n) is 16.7. The number of carboxylic acids is 1. The van der Waals surface area contributed by atoms with Gasteiger partial charge in [0, 0.05) is 18.3 Å². The van der Waals surface area contributed by atoms with E-state index < -0.39 is 65.3 Å². The summed E-state index contributed by atoms with van der Waals surface area (Å²) in [4.78, 5) is 74.2. The van der Waals surface area contributed by atoms with Gasteiger partial charge in [0.1, 0.15) is 17.7 Å². The molecule has 4 aliphatic carbocycles. The zero-order valence-corrected chi connectivity index (χ0v) is 27.4. The van der Waals surface area contributed by atoms with Gasteiger partial charge in [-0.1, -0.05) is 39.2 Å². The van der Waals surface area contributed by atoms with Crippen molar-refractivity contribution in [3.8, 4) is 0 Å². The highest BCUT2D eigenvalue weighted by Gasteiger charge is 2.68. The number of fused-ring (bicyclic) bond motifs is 5. The summed E-state index contributed by atoms with van der Waals surface area (Å²) in [5.41, 5.74) is -1.88. The minimum absolute atomic E-state index is 0.0122. The van der Waals surface area contributed by atoms with Crippen molar-refractivity contribution in [2.45, 2.75) is 129 Å². The van der Waals surface area contributed by atoms with Crippen LogP contribution < -0.4 is 10.6 Å². The second-order valence-corrected chi connectivity index (χ2v) is 14.4. The SMILES string of the molecule is CCCCC(NC(=O)C(C)NC(=O)CCC(=O)OCC(=O)[C@@]1(O)CCC2C3CCC4=CC(=O)CC[C@]4(C)C3C(O)C[C@@]21C)C(=O)O. The number of hydrogen-bond donors (Lipinski definition) is 5. The molecule has 0 spiro atoms. The van der Waals surface area contributed by atoms with E-state index in [0.29, 0.717) is 25.7 Å². The van der Waals surface area contributed by atoms with Gasteiger partial charge in [-0.25, -0.2) is 4.79 Å². The minimum atomic E-state index is -1.78. The predicted octanol–water partition coefficient (Wildman–Crippen LogP) is 2.38. The number of aliphatic hydroxyl groups excluding tert-OH is 1. The monoisotopic (exact) mass is 646 g/mol. The Morgan fingerprint density at radius 1 is 1.07 bits per heavy atom. The van der Waals surface area contributed by atoms with E-state index in [4.69, 9.17) is 4.74 Å². The molecule has 4 aliphatic rings. The lowest BCUT2D eigenvalue weighted by Gasteiger charge is -2.60. The minimum Gasteiger partial charge on any atom is -0.480 e. The topological polar surface area (TPSA) is 196 Å². The molecule has 0 aromatic rings. The van der Waals surface area contributed by atoms with Crippen molar-refractivity contribution in [3.63, 3.8) is 0 Å². The number of allylic oxidation sites excluding steroid dienone is 1. The summed E-state index contributed by atoms with van der Waals surface area (Å²) in [6, 6.07) is -2.09. The molecule has 0 aromatic carbocycles. The van der Waals surface area contributed by atoms with E-state index in [-0.39, 0.29) is 61.1 Å². The van der Waals surface area contributed by atoms with Crippen molar-refractivity contribution in [2.75, 3.05) is 6.61 Å². The molecule has 256 valence electrons. The lowest BCUT2D eigenvalue weighted by atomic mass is 9.45. The van der Waals surface area contributed by atoms with Crippen molar-refractivity contribution in [1.29, 1.82) is 0 Å². The average molecular weight is 647 g/mol. The number of aliphatic hydroxyl groups is 2. The molecule has 9 atom stereocenters. The zero-order valence-electron chi connectivity index (χ0n) is 27.4. The molecule has 12 heteroatoms. The van der Waals surface area contributed by atoms with Crippen LogP contribution in [-0.4, -0.2) is 81.0 Å². The smallest absolute Gasteiger partial charge is 0.326 e. The van der Waals surface area contributed by atoms with E-state index in [1.54, 1.807) is 6.08 Å². The van der Waals surface area contributed by atoms with Crippen LogP contribution in [0.15, 0.2) is 11.6 Å². The number of rotatable bonds is 13. The molecule has 6 unspecified atom stereocenters. The van der Waals surface area contributed by atoms with Gasteiger partial charge < -0.3 is 30.7 Å². The second kappa shape index (κ2) is 13.9. The Bertz CT molecular complexity index is 1280. The largest absolute Gasteiger partial charge is 0.480 e. The number of ketones is 2. The van der Waals surface area contributed by atoms with Gasteiger partial charge in [0.15, 0.2) is 12.4 Å². The van der Waals surface area contributed by atoms with E-state index in [9.17, 15) is 44.1 Å². The number of nitrogens with one attached hydrogen (secondary N) is 2. The van der Waals surface area contributed by atoms with Crippen LogP contribution in [0.1, 0.15) is 105 Å². The summed E-state index contributed by atoms with van der Waals surface area (Å²) in [7, 11) is 0. The summed E-state index contributed by atoms with van der Waals surface area (Å²) < 4.78 is 5.18. The lowest BCUT2D eigenvalue weighted by Crippen LogP contribution is -2.62. The molecule has 0 saturated heterocycles. The van der Waals surface area contributed by atoms with Crippen molar-refractivity contribution in [1.82, 2.24) is 10.6 Å². The highest BCUT2D eigenvalue weighted by molar-refractivity contribution is 5.93. The van der Waals surface area contributed by atoms with Gasteiger partial charge in [-0.15, -0.1) is 0 Å². The van der Waals surface area contributed by atoms with Crippen LogP contribution in [0, 0.1) is 28.6 Å². The summed E-state index contributed by atoms with van der Waals surface area (Å²) in [5.74, 6) is -3.75. The highest BCUT2D eigenvalue weighted by atomic mass is 16.5. The van der Waals surface area contributed by atoms with Gasteiger partial charge in [-0.05, 0) is 81.1 Å². The molecule has 0 aromatic heterocycles. The molecule has 0 radical (unpaired) electrons. The van der Waals surface area contributed by atoms with Crippen molar-refractivity contribution in [2.24, 2.45) is 28.6 Å². The molecule has 5 N–H and O–H groups in total. The number of Topliss-reactive ketones (excluding diaryl/α,β-unsaturated/α-hetero) is 1. The van der Waals surface area contributed by atoms with E-state index in [1.807, 2.05) is 13.8 Å². The van der Waals surface area contributed by atoms with Gasteiger partial charge >= 0.3 is 11.9 Å². The first-order chi connectivity index (χ1) is 21.6. The van der Waals surface area contributed by atoms with Crippen LogP contribution in [0.2, 0.25) is 0 Å². The maximum atomic E-state index is 13.5. The molecule has 46 heavy (non-hydrogen) atoms. The molecular weight excluding hydrogens is 596 g/mol. The summed E-state index contributed by atoms with van der Waals surface area (Å²) in [6.45, 7) is 6.63. The van der Waals surface area contributed by atoms with Crippen molar-refractivity contribution in [3.05, 3.63) is 11.6 Å². The fourth-order valence-electron chi connectivity index (χ4n) is 9.04. The third-order valence-electron chi connectivity index (χ3n) is 11.7. The first kappa shape index (κ1) is 35.7. The number of carbonyl (C=O) groups excluding carboxylic acids is 5. The number of carboxylic acid groups (broad SMARTS) is 1. The molecule has 0 heterocycles. The number of carbonyl (C=O) groups is 6. The number of aliphatic carboxylic acids is 1. The van der Waals surface area contributed by atoms with Gasteiger partial charge in [-0.2, -0.15) is 0 Å². The summed E-state index contributed by atoms with van der Waals surface area (Å²) in [5, 5.41) is 37.5.